The smallest absolute Gasteiger partial charge is 0.145 e. The minimum Gasteiger partial charge on any atom is -0.472 e. The second-order valence-electron chi connectivity index (χ2n) is 5.16. The number of likely N-dealkylation sites (N-methyl/N-ethyl adjacent to an activating group) is 1. The van der Waals surface area contributed by atoms with Crippen LogP contribution >= 0.6 is 0 Å². The van der Waals surface area contributed by atoms with Crippen molar-refractivity contribution in [1.29, 1.82) is 0 Å². The fraction of sp³-hybridized carbons (Fsp3) is 0.312. The first-order chi connectivity index (χ1) is 9.81. The van der Waals surface area contributed by atoms with Crippen LogP contribution in [0.15, 0.2) is 58.5 Å². The lowest BCUT2D eigenvalue weighted by Crippen LogP contribution is -2.28. The number of hydrogen-bond donors (Lipinski definition) is 0. The van der Waals surface area contributed by atoms with Crippen molar-refractivity contribution >= 4 is 5.71 Å². The SMILES string of the molecule is CN(Cc1ccoc1)C[C@@H]1CC(c2ccccc2)=NO1. The summed E-state index contributed by atoms with van der Waals surface area (Å²) in [5.74, 6) is 0. The molecule has 0 saturated heterocycles. The molecule has 104 valence electrons. The van der Waals surface area contributed by atoms with Gasteiger partial charge in [-0.3, -0.25) is 4.90 Å². The Labute approximate surface area is 118 Å². The van der Waals surface area contributed by atoms with Gasteiger partial charge in [0.05, 0.1) is 18.2 Å². The van der Waals surface area contributed by atoms with E-state index in [1.54, 1.807) is 12.5 Å². The van der Waals surface area contributed by atoms with Crippen molar-refractivity contribution in [2.75, 3.05) is 13.6 Å². The van der Waals surface area contributed by atoms with Crippen LogP contribution in [0.5, 0.6) is 0 Å². The van der Waals surface area contributed by atoms with Crippen molar-refractivity contribution in [2.24, 2.45) is 5.16 Å². The number of furan rings is 1. The lowest BCUT2D eigenvalue weighted by Gasteiger charge is -2.18. The highest BCUT2D eigenvalue weighted by molar-refractivity contribution is 6.01. The third kappa shape index (κ3) is 3.08. The van der Waals surface area contributed by atoms with Crippen molar-refractivity contribution in [3.63, 3.8) is 0 Å². The zero-order chi connectivity index (χ0) is 13.8. The van der Waals surface area contributed by atoms with Crippen LogP contribution in [0.2, 0.25) is 0 Å². The molecule has 1 aromatic carbocycles. The van der Waals surface area contributed by atoms with Gasteiger partial charge in [-0.15, -0.1) is 0 Å². The summed E-state index contributed by atoms with van der Waals surface area (Å²) in [5.41, 5.74) is 3.36. The van der Waals surface area contributed by atoms with Gasteiger partial charge in [0, 0.05) is 25.1 Å². The van der Waals surface area contributed by atoms with Crippen LogP contribution < -0.4 is 0 Å². The number of hydrogen-bond acceptors (Lipinski definition) is 4. The van der Waals surface area contributed by atoms with E-state index in [1.165, 1.54) is 5.56 Å². The van der Waals surface area contributed by atoms with Crippen LogP contribution in [-0.4, -0.2) is 30.3 Å². The molecule has 0 fully saturated rings. The van der Waals surface area contributed by atoms with Gasteiger partial charge in [0.15, 0.2) is 0 Å². The monoisotopic (exact) mass is 270 g/mol. The summed E-state index contributed by atoms with van der Waals surface area (Å²) in [6, 6.07) is 12.2. The molecule has 2 heterocycles. The highest BCUT2D eigenvalue weighted by atomic mass is 16.6. The molecule has 0 spiro atoms. The topological polar surface area (TPSA) is 38.0 Å². The summed E-state index contributed by atoms with van der Waals surface area (Å²) < 4.78 is 5.08. The molecule has 3 rings (SSSR count). The van der Waals surface area contributed by atoms with Crippen molar-refractivity contribution < 1.29 is 9.25 Å². The van der Waals surface area contributed by atoms with Crippen LogP contribution in [-0.2, 0) is 11.4 Å². The molecular formula is C16H18N2O2. The zero-order valence-corrected chi connectivity index (χ0v) is 11.5. The van der Waals surface area contributed by atoms with Gasteiger partial charge in [-0.1, -0.05) is 35.5 Å². The zero-order valence-electron chi connectivity index (χ0n) is 11.5. The predicted molar refractivity (Wildman–Crippen MR) is 77.5 cm³/mol. The second kappa shape index (κ2) is 5.92. The first kappa shape index (κ1) is 12.9. The normalized spacial score (nSPS) is 18.1. The third-order valence-electron chi connectivity index (χ3n) is 3.39. The van der Waals surface area contributed by atoms with E-state index in [1.807, 2.05) is 24.3 Å². The maximum absolute atomic E-state index is 5.53. The standard InChI is InChI=1S/C16H18N2O2/c1-18(10-13-7-8-19-12-13)11-15-9-16(17-20-15)14-5-3-2-4-6-14/h2-8,12,15H,9-11H2,1H3/t15-/m0/s1. The molecule has 4 heteroatoms. The quantitative estimate of drug-likeness (QED) is 0.838. The van der Waals surface area contributed by atoms with Gasteiger partial charge in [0.25, 0.3) is 0 Å². The molecule has 1 atom stereocenters. The van der Waals surface area contributed by atoms with Crippen LogP contribution in [0.3, 0.4) is 0 Å². The fourth-order valence-electron chi connectivity index (χ4n) is 2.43. The molecular weight excluding hydrogens is 252 g/mol. The van der Waals surface area contributed by atoms with Crippen LogP contribution in [0.4, 0.5) is 0 Å². The Bertz CT molecular complexity index is 563. The molecule has 0 amide bonds. The van der Waals surface area contributed by atoms with Crippen molar-refractivity contribution in [1.82, 2.24) is 4.90 Å². The molecule has 0 bridgehead atoms. The number of rotatable bonds is 5. The third-order valence-corrected chi connectivity index (χ3v) is 3.39. The van der Waals surface area contributed by atoms with Crippen molar-refractivity contribution in [2.45, 2.75) is 19.1 Å². The summed E-state index contributed by atoms with van der Waals surface area (Å²) >= 11 is 0. The van der Waals surface area contributed by atoms with E-state index >= 15 is 0 Å². The molecule has 0 aliphatic carbocycles. The molecule has 20 heavy (non-hydrogen) atoms. The van der Waals surface area contributed by atoms with E-state index in [0.29, 0.717) is 0 Å². The van der Waals surface area contributed by atoms with E-state index in [4.69, 9.17) is 9.25 Å². The Kier molecular flexibility index (Phi) is 3.83. The summed E-state index contributed by atoms with van der Waals surface area (Å²) in [4.78, 5) is 7.75. The Balaban J connectivity index is 1.52. The average molecular weight is 270 g/mol. The molecule has 0 unspecified atom stereocenters. The number of benzene rings is 1. The molecule has 1 aliphatic rings. The molecule has 0 saturated carbocycles. The Hall–Kier alpha value is -2.07. The highest BCUT2D eigenvalue weighted by Crippen LogP contribution is 2.17. The maximum Gasteiger partial charge on any atom is 0.145 e. The van der Waals surface area contributed by atoms with Crippen LogP contribution in [0.25, 0.3) is 0 Å². The van der Waals surface area contributed by atoms with Crippen molar-refractivity contribution in [3.8, 4) is 0 Å². The molecule has 1 aliphatic heterocycles. The van der Waals surface area contributed by atoms with E-state index in [2.05, 4.69) is 29.2 Å². The molecule has 4 nitrogen and oxygen atoms in total. The average Bonchev–Trinajstić information content (AvgIpc) is 3.11. The molecule has 1 aromatic heterocycles. The summed E-state index contributed by atoms with van der Waals surface area (Å²) in [5, 5.41) is 4.21. The first-order valence-corrected chi connectivity index (χ1v) is 6.79. The summed E-state index contributed by atoms with van der Waals surface area (Å²) in [6.07, 6.45) is 4.46. The number of oxime groups is 1. The van der Waals surface area contributed by atoms with Gasteiger partial charge in [-0.25, -0.2) is 0 Å². The maximum atomic E-state index is 5.53. The van der Waals surface area contributed by atoms with Crippen LogP contribution in [0.1, 0.15) is 17.5 Å². The first-order valence-electron chi connectivity index (χ1n) is 6.79. The van der Waals surface area contributed by atoms with Crippen molar-refractivity contribution in [3.05, 3.63) is 60.1 Å². The predicted octanol–water partition coefficient (Wildman–Crippen LogP) is 2.90. The van der Waals surface area contributed by atoms with E-state index in [0.717, 1.165) is 30.8 Å². The minimum atomic E-state index is 0.127. The second-order valence-corrected chi connectivity index (χ2v) is 5.16. The lowest BCUT2D eigenvalue weighted by molar-refractivity contribution is 0.0576. The van der Waals surface area contributed by atoms with Gasteiger partial charge in [0.2, 0.25) is 0 Å². The largest absolute Gasteiger partial charge is 0.472 e. The highest BCUT2D eigenvalue weighted by Gasteiger charge is 2.23. The molecule has 2 aromatic rings. The van der Waals surface area contributed by atoms with Gasteiger partial charge >= 0.3 is 0 Å². The van der Waals surface area contributed by atoms with Gasteiger partial charge in [-0.2, -0.15) is 0 Å². The number of nitrogens with zero attached hydrogens (tertiary/aromatic N) is 2. The van der Waals surface area contributed by atoms with Gasteiger partial charge in [-0.05, 0) is 18.7 Å². The molecule has 0 radical (unpaired) electrons. The van der Waals surface area contributed by atoms with E-state index in [-0.39, 0.29) is 6.10 Å². The lowest BCUT2D eigenvalue weighted by atomic mass is 10.1. The van der Waals surface area contributed by atoms with Crippen LogP contribution in [0, 0.1) is 0 Å². The van der Waals surface area contributed by atoms with Gasteiger partial charge in [0.1, 0.15) is 6.10 Å². The molecule has 0 N–H and O–H groups in total. The Morgan fingerprint density at radius 1 is 1.25 bits per heavy atom. The summed E-state index contributed by atoms with van der Waals surface area (Å²) in [6.45, 7) is 1.71. The van der Waals surface area contributed by atoms with Gasteiger partial charge < -0.3 is 9.25 Å². The Morgan fingerprint density at radius 2 is 2.10 bits per heavy atom. The fourth-order valence-corrected chi connectivity index (χ4v) is 2.43. The van der Waals surface area contributed by atoms with E-state index in [9.17, 15) is 0 Å². The minimum absolute atomic E-state index is 0.127. The summed E-state index contributed by atoms with van der Waals surface area (Å²) in [7, 11) is 2.08. The Morgan fingerprint density at radius 3 is 2.85 bits per heavy atom. The van der Waals surface area contributed by atoms with E-state index < -0.39 is 0 Å².